The summed E-state index contributed by atoms with van der Waals surface area (Å²) >= 11 is 0. The van der Waals surface area contributed by atoms with Crippen molar-refractivity contribution in [3.05, 3.63) is 23.4 Å². The van der Waals surface area contributed by atoms with Gasteiger partial charge in [0.1, 0.15) is 0 Å². The number of Topliss-reactive ketones (excluding diaryl/α,β-unsaturated/α-hetero) is 1. The first-order valence-electron chi connectivity index (χ1n) is 4.26. The fourth-order valence-electron chi connectivity index (χ4n) is 1.06. The van der Waals surface area contributed by atoms with Crippen molar-refractivity contribution in [2.75, 3.05) is 6.61 Å². The fourth-order valence-corrected chi connectivity index (χ4v) is 1.06. The predicted molar refractivity (Wildman–Crippen MR) is 50.1 cm³/mol. The molecule has 1 heterocycles. The monoisotopic (exact) mass is 179 g/mol. The Morgan fingerprint density at radius 3 is 2.77 bits per heavy atom. The summed E-state index contributed by atoms with van der Waals surface area (Å²) in [5.74, 6) is 0.555. The normalized spacial score (nSPS) is 9.77. The van der Waals surface area contributed by atoms with Gasteiger partial charge in [-0.15, -0.1) is 0 Å². The van der Waals surface area contributed by atoms with E-state index < -0.39 is 0 Å². The molecule has 0 saturated heterocycles. The van der Waals surface area contributed by atoms with Crippen molar-refractivity contribution >= 4 is 5.78 Å². The Kier molecular flexibility index (Phi) is 3.01. The molecule has 0 bridgehead atoms. The van der Waals surface area contributed by atoms with Crippen molar-refractivity contribution < 1.29 is 9.53 Å². The Balaban J connectivity index is 3.03. The molecule has 0 aromatic carbocycles. The minimum atomic E-state index is 0.0338. The lowest BCUT2D eigenvalue weighted by atomic mass is 10.2. The van der Waals surface area contributed by atoms with E-state index in [2.05, 4.69) is 4.98 Å². The van der Waals surface area contributed by atoms with E-state index in [4.69, 9.17) is 4.74 Å². The average Bonchev–Trinajstić information content (AvgIpc) is 2.03. The molecule has 1 aromatic heterocycles. The number of carbonyl (C=O) groups excluding carboxylic acids is 1. The zero-order valence-corrected chi connectivity index (χ0v) is 8.13. The summed E-state index contributed by atoms with van der Waals surface area (Å²) < 4.78 is 5.21. The summed E-state index contributed by atoms with van der Waals surface area (Å²) in [7, 11) is 0. The topological polar surface area (TPSA) is 39.2 Å². The second-order valence-electron chi connectivity index (χ2n) is 2.82. The van der Waals surface area contributed by atoms with E-state index in [0.717, 1.165) is 5.69 Å². The number of hydrogen-bond acceptors (Lipinski definition) is 3. The SMILES string of the molecule is CCOc1cc(C(C)=O)cc(C)n1. The van der Waals surface area contributed by atoms with Crippen molar-refractivity contribution in [3.63, 3.8) is 0 Å². The molecule has 0 saturated carbocycles. The molecule has 0 aliphatic carbocycles. The van der Waals surface area contributed by atoms with Gasteiger partial charge >= 0.3 is 0 Å². The van der Waals surface area contributed by atoms with E-state index in [1.54, 1.807) is 12.1 Å². The van der Waals surface area contributed by atoms with Crippen LogP contribution >= 0.6 is 0 Å². The van der Waals surface area contributed by atoms with Gasteiger partial charge in [-0.05, 0) is 26.8 Å². The zero-order chi connectivity index (χ0) is 9.84. The van der Waals surface area contributed by atoms with Gasteiger partial charge in [0.2, 0.25) is 5.88 Å². The molecule has 1 aromatic rings. The number of carbonyl (C=O) groups is 1. The van der Waals surface area contributed by atoms with Gasteiger partial charge in [-0.3, -0.25) is 4.79 Å². The van der Waals surface area contributed by atoms with Gasteiger partial charge in [0, 0.05) is 17.3 Å². The summed E-state index contributed by atoms with van der Waals surface area (Å²) in [5.41, 5.74) is 1.45. The van der Waals surface area contributed by atoms with Gasteiger partial charge in [0.15, 0.2) is 5.78 Å². The van der Waals surface area contributed by atoms with E-state index in [9.17, 15) is 4.79 Å². The fraction of sp³-hybridized carbons (Fsp3) is 0.400. The van der Waals surface area contributed by atoms with Crippen molar-refractivity contribution in [1.29, 1.82) is 0 Å². The van der Waals surface area contributed by atoms with Gasteiger partial charge in [-0.25, -0.2) is 4.98 Å². The molecular formula is C10H13NO2. The molecular weight excluding hydrogens is 166 g/mol. The molecule has 0 unspecified atom stereocenters. The van der Waals surface area contributed by atoms with Crippen molar-refractivity contribution in [3.8, 4) is 5.88 Å². The summed E-state index contributed by atoms with van der Waals surface area (Å²) in [6.45, 7) is 5.82. The summed E-state index contributed by atoms with van der Waals surface area (Å²) in [6, 6.07) is 3.42. The van der Waals surface area contributed by atoms with Crippen molar-refractivity contribution in [2.45, 2.75) is 20.8 Å². The van der Waals surface area contributed by atoms with E-state index >= 15 is 0 Å². The summed E-state index contributed by atoms with van der Waals surface area (Å²) in [4.78, 5) is 15.2. The number of pyridine rings is 1. The molecule has 0 amide bonds. The Morgan fingerprint density at radius 2 is 2.23 bits per heavy atom. The van der Waals surface area contributed by atoms with Crippen molar-refractivity contribution in [2.24, 2.45) is 0 Å². The smallest absolute Gasteiger partial charge is 0.214 e. The first-order chi connectivity index (χ1) is 6.13. The van der Waals surface area contributed by atoms with Crippen LogP contribution < -0.4 is 4.74 Å². The highest BCUT2D eigenvalue weighted by atomic mass is 16.5. The van der Waals surface area contributed by atoms with Gasteiger partial charge in [0.05, 0.1) is 6.61 Å². The molecule has 0 spiro atoms. The third kappa shape index (κ3) is 2.54. The molecule has 0 aliphatic rings. The molecule has 13 heavy (non-hydrogen) atoms. The van der Waals surface area contributed by atoms with Crippen LogP contribution in [0.2, 0.25) is 0 Å². The highest BCUT2D eigenvalue weighted by Crippen LogP contribution is 2.12. The molecule has 3 nitrogen and oxygen atoms in total. The Morgan fingerprint density at radius 1 is 1.54 bits per heavy atom. The van der Waals surface area contributed by atoms with E-state index in [1.165, 1.54) is 6.92 Å². The lowest BCUT2D eigenvalue weighted by Gasteiger charge is -2.04. The zero-order valence-electron chi connectivity index (χ0n) is 8.13. The minimum Gasteiger partial charge on any atom is -0.478 e. The van der Waals surface area contributed by atoms with E-state index in [-0.39, 0.29) is 5.78 Å². The van der Waals surface area contributed by atoms with Crippen LogP contribution in [-0.2, 0) is 0 Å². The summed E-state index contributed by atoms with van der Waals surface area (Å²) in [5, 5.41) is 0. The highest BCUT2D eigenvalue weighted by Gasteiger charge is 2.03. The van der Waals surface area contributed by atoms with Gasteiger partial charge in [-0.1, -0.05) is 0 Å². The average molecular weight is 179 g/mol. The first kappa shape index (κ1) is 9.71. The second kappa shape index (κ2) is 4.03. The lowest BCUT2D eigenvalue weighted by Crippen LogP contribution is -2.00. The quantitative estimate of drug-likeness (QED) is 0.666. The maximum Gasteiger partial charge on any atom is 0.214 e. The van der Waals surface area contributed by atoms with Gasteiger partial charge < -0.3 is 4.74 Å². The Hall–Kier alpha value is -1.38. The third-order valence-electron chi connectivity index (χ3n) is 1.63. The second-order valence-corrected chi connectivity index (χ2v) is 2.82. The van der Waals surface area contributed by atoms with Crippen LogP contribution in [0, 0.1) is 6.92 Å². The molecule has 0 aliphatic heterocycles. The van der Waals surface area contributed by atoms with E-state index in [0.29, 0.717) is 18.1 Å². The molecule has 0 atom stereocenters. The summed E-state index contributed by atoms with van der Waals surface area (Å²) in [6.07, 6.45) is 0. The number of ether oxygens (including phenoxy) is 1. The molecule has 0 fully saturated rings. The van der Waals surface area contributed by atoms with Crippen LogP contribution in [0.1, 0.15) is 29.9 Å². The third-order valence-corrected chi connectivity index (χ3v) is 1.63. The van der Waals surface area contributed by atoms with Crippen molar-refractivity contribution in [1.82, 2.24) is 4.98 Å². The van der Waals surface area contributed by atoms with Crippen LogP contribution in [0.4, 0.5) is 0 Å². The van der Waals surface area contributed by atoms with E-state index in [1.807, 2.05) is 13.8 Å². The standard InChI is InChI=1S/C10H13NO2/c1-4-13-10-6-9(8(3)12)5-7(2)11-10/h5-6H,4H2,1-3H3. The molecule has 0 radical (unpaired) electrons. The minimum absolute atomic E-state index is 0.0338. The number of nitrogens with zero attached hydrogens (tertiary/aromatic N) is 1. The van der Waals surface area contributed by atoms with Crippen LogP contribution in [0.5, 0.6) is 5.88 Å². The number of aryl methyl sites for hydroxylation is 1. The predicted octanol–water partition coefficient (Wildman–Crippen LogP) is 1.99. The van der Waals surface area contributed by atoms with Crippen LogP contribution in [-0.4, -0.2) is 17.4 Å². The number of ketones is 1. The maximum atomic E-state index is 11.1. The Labute approximate surface area is 77.8 Å². The number of aromatic nitrogens is 1. The lowest BCUT2D eigenvalue weighted by molar-refractivity contribution is 0.101. The largest absolute Gasteiger partial charge is 0.478 e. The number of hydrogen-bond donors (Lipinski definition) is 0. The molecule has 0 N–H and O–H groups in total. The number of rotatable bonds is 3. The maximum absolute atomic E-state index is 11.1. The molecule has 70 valence electrons. The first-order valence-corrected chi connectivity index (χ1v) is 4.26. The van der Waals surface area contributed by atoms with Gasteiger partial charge in [-0.2, -0.15) is 0 Å². The molecule has 3 heteroatoms. The van der Waals surface area contributed by atoms with Crippen LogP contribution in [0.3, 0.4) is 0 Å². The molecule has 1 rings (SSSR count). The Bertz CT molecular complexity index is 321. The van der Waals surface area contributed by atoms with Gasteiger partial charge in [0.25, 0.3) is 0 Å². The highest BCUT2D eigenvalue weighted by molar-refractivity contribution is 5.94. The van der Waals surface area contributed by atoms with Crippen LogP contribution in [0.25, 0.3) is 0 Å². The van der Waals surface area contributed by atoms with Crippen LogP contribution in [0.15, 0.2) is 12.1 Å².